The van der Waals surface area contributed by atoms with Gasteiger partial charge in [-0.25, -0.2) is 4.98 Å². The molecule has 3 aromatic heterocycles. The molecule has 4 rings (SSSR count). The Morgan fingerprint density at radius 3 is 2.69 bits per heavy atom. The summed E-state index contributed by atoms with van der Waals surface area (Å²) in [4.78, 5) is 37.7. The van der Waals surface area contributed by atoms with E-state index in [1.165, 1.54) is 6.20 Å². The third-order valence-corrected chi connectivity index (χ3v) is 4.84. The molecule has 1 amide bonds. The minimum absolute atomic E-state index is 0.128. The maximum absolute atomic E-state index is 12.7. The van der Waals surface area contributed by atoms with Crippen LogP contribution in [-0.2, 0) is 0 Å². The Bertz CT molecular complexity index is 1020. The zero-order valence-corrected chi connectivity index (χ0v) is 16.1. The second kappa shape index (κ2) is 8.22. The van der Waals surface area contributed by atoms with E-state index in [0.29, 0.717) is 42.3 Å². The van der Waals surface area contributed by atoms with Crippen LogP contribution < -0.4 is 4.90 Å². The van der Waals surface area contributed by atoms with Gasteiger partial charge in [0.15, 0.2) is 5.69 Å². The highest BCUT2D eigenvalue weighted by molar-refractivity contribution is 6.07. The maximum Gasteiger partial charge on any atom is 0.276 e. The predicted molar refractivity (Wildman–Crippen MR) is 106 cm³/mol. The van der Waals surface area contributed by atoms with Gasteiger partial charge in [0.1, 0.15) is 17.3 Å². The summed E-state index contributed by atoms with van der Waals surface area (Å²) in [5, 5.41) is 3.82. The van der Waals surface area contributed by atoms with Crippen LogP contribution in [-0.4, -0.2) is 57.9 Å². The second-order valence-electron chi connectivity index (χ2n) is 6.91. The molecule has 0 unspecified atom stereocenters. The van der Waals surface area contributed by atoms with E-state index in [-0.39, 0.29) is 11.7 Å². The molecule has 0 atom stereocenters. The Hall–Kier alpha value is -3.55. The molecule has 8 nitrogen and oxygen atoms in total. The zero-order valence-electron chi connectivity index (χ0n) is 16.1. The van der Waals surface area contributed by atoms with Gasteiger partial charge in [-0.3, -0.25) is 14.6 Å². The summed E-state index contributed by atoms with van der Waals surface area (Å²) in [5.41, 5.74) is 1.22. The van der Waals surface area contributed by atoms with E-state index in [2.05, 4.69) is 20.0 Å². The molecular weight excluding hydrogens is 370 g/mol. The number of pyridine rings is 2. The van der Waals surface area contributed by atoms with Crippen LogP contribution in [0.3, 0.4) is 0 Å². The lowest BCUT2D eigenvalue weighted by Gasteiger charge is -2.22. The molecule has 0 aromatic carbocycles. The molecular formula is C21H21N5O3. The predicted octanol–water partition coefficient (Wildman–Crippen LogP) is 2.36. The number of rotatable bonds is 4. The van der Waals surface area contributed by atoms with E-state index in [0.717, 1.165) is 18.8 Å². The second-order valence-corrected chi connectivity index (χ2v) is 6.91. The van der Waals surface area contributed by atoms with Gasteiger partial charge >= 0.3 is 0 Å². The van der Waals surface area contributed by atoms with Crippen molar-refractivity contribution in [1.82, 2.24) is 20.0 Å². The molecule has 0 aliphatic carbocycles. The van der Waals surface area contributed by atoms with E-state index in [1.807, 2.05) is 12.1 Å². The van der Waals surface area contributed by atoms with Crippen molar-refractivity contribution in [1.29, 1.82) is 0 Å². The largest absolute Gasteiger partial charge is 0.361 e. The van der Waals surface area contributed by atoms with Gasteiger partial charge in [-0.2, -0.15) is 0 Å². The molecule has 8 heteroatoms. The van der Waals surface area contributed by atoms with Crippen molar-refractivity contribution < 1.29 is 14.1 Å². The lowest BCUT2D eigenvalue weighted by Crippen LogP contribution is -2.35. The first-order chi connectivity index (χ1) is 14.1. The number of carbonyl (C=O) groups is 2. The van der Waals surface area contributed by atoms with E-state index >= 15 is 0 Å². The van der Waals surface area contributed by atoms with Crippen LogP contribution in [0.15, 0.2) is 53.3 Å². The molecule has 4 heterocycles. The van der Waals surface area contributed by atoms with Crippen LogP contribution in [0.2, 0.25) is 0 Å². The Labute approximate surface area is 168 Å². The first kappa shape index (κ1) is 18.8. The molecule has 0 bridgehead atoms. The third kappa shape index (κ3) is 4.16. The highest BCUT2D eigenvalue weighted by Gasteiger charge is 2.23. The van der Waals surface area contributed by atoms with Crippen LogP contribution in [0.5, 0.6) is 0 Å². The van der Waals surface area contributed by atoms with Gasteiger partial charge in [0.25, 0.3) is 5.91 Å². The summed E-state index contributed by atoms with van der Waals surface area (Å²) in [6, 6.07) is 10.5. The Kier molecular flexibility index (Phi) is 5.33. The van der Waals surface area contributed by atoms with Crippen molar-refractivity contribution in [2.75, 3.05) is 31.1 Å². The van der Waals surface area contributed by atoms with Crippen molar-refractivity contribution in [2.45, 2.75) is 13.3 Å². The van der Waals surface area contributed by atoms with Gasteiger partial charge in [-0.15, -0.1) is 0 Å². The number of aromatic nitrogens is 3. The number of nitrogens with zero attached hydrogens (tertiary/aromatic N) is 5. The van der Waals surface area contributed by atoms with Crippen LogP contribution in [0.1, 0.15) is 38.7 Å². The standard InChI is InChI=1S/C21H21N5O3/c1-15-13-18(24-29-15)21(28)26-10-4-9-25(11-12-26)19-7-2-6-17(23-19)20(27)16-5-3-8-22-14-16/h2-3,5-8,13-14H,4,9-12H2,1H3. The number of carbonyl (C=O) groups excluding carboxylic acids is 2. The lowest BCUT2D eigenvalue weighted by atomic mass is 10.1. The quantitative estimate of drug-likeness (QED) is 0.630. The molecule has 148 valence electrons. The summed E-state index contributed by atoms with van der Waals surface area (Å²) in [6.45, 7) is 4.32. The third-order valence-electron chi connectivity index (χ3n) is 4.84. The number of ketones is 1. The maximum atomic E-state index is 12.7. The highest BCUT2D eigenvalue weighted by Crippen LogP contribution is 2.17. The fourth-order valence-corrected chi connectivity index (χ4v) is 3.35. The number of aryl methyl sites for hydroxylation is 1. The van der Waals surface area contributed by atoms with Crippen molar-refractivity contribution in [2.24, 2.45) is 0 Å². The fraction of sp³-hybridized carbons (Fsp3) is 0.286. The summed E-state index contributed by atoms with van der Waals surface area (Å²) in [7, 11) is 0. The van der Waals surface area contributed by atoms with Gasteiger partial charge in [-0.1, -0.05) is 11.2 Å². The van der Waals surface area contributed by atoms with Crippen LogP contribution in [0.25, 0.3) is 0 Å². The first-order valence-corrected chi connectivity index (χ1v) is 9.51. The van der Waals surface area contributed by atoms with Gasteiger partial charge in [0.2, 0.25) is 5.78 Å². The molecule has 1 aliphatic rings. The molecule has 3 aromatic rings. The van der Waals surface area contributed by atoms with E-state index < -0.39 is 0 Å². The van der Waals surface area contributed by atoms with Gasteiger partial charge in [-0.05, 0) is 37.6 Å². The van der Waals surface area contributed by atoms with Crippen LogP contribution >= 0.6 is 0 Å². The summed E-state index contributed by atoms with van der Waals surface area (Å²) < 4.78 is 5.02. The van der Waals surface area contributed by atoms with E-state index in [4.69, 9.17) is 4.52 Å². The molecule has 1 saturated heterocycles. The van der Waals surface area contributed by atoms with Crippen LogP contribution in [0.4, 0.5) is 5.82 Å². The van der Waals surface area contributed by atoms with Gasteiger partial charge < -0.3 is 14.3 Å². The summed E-state index contributed by atoms with van der Waals surface area (Å²) in [6.07, 6.45) is 3.97. The number of hydrogen-bond acceptors (Lipinski definition) is 7. The zero-order chi connectivity index (χ0) is 20.2. The lowest BCUT2D eigenvalue weighted by molar-refractivity contribution is 0.0756. The number of amides is 1. The number of hydrogen-bond donors (Lipinski definition) is 0. The molecule has 1 aliphatic heterocycles. The minimum atomic E-state index is -0.159. The van der Waals surface area contributed by atoms with Crippen molar-refractivity contribution >= 4 is 17.5 Å². The highest BCUT2D eigenvalue weighted by atomic mass is 16.5. The van der Waals surface area contributed by atoms with E-state index in [1.54, 1.807) is 42.3 Å². The summed E-state index contributed by atoms with van der Waals surface area (Å²) >= 11 is 0. The topological polar surface area (TPSA) is 92.4 Å². The molecule has 0 radical (unpaired) electrons. The monoisotopic (exact) mass is 391 g/mol. The average molecular weight is 391 g/mol. The first-order valence-electron chi connectivity index (χ1n) is 9.51. The van der Waals surface area contributed by atoms with Crippen molar-refractivity contribution in [3.05, 3.63) is 71.5 Å². The Balaban J connectivity index is 1.47. The Morgan fingerprint density at radius 1 is 1.03 bits per heavy atom. The Morgan fingerprint density at radius 2 is 1.93 bits per heavy atom. The van der Waals surface area contributed by atoms with Gasteiger partial charge in [0.05, 0.1) is 0 Å². The molecule has 0 saturated carbocycles. The SMILES string of the molecule is Cc1cc(C(=O)N2CCCN(c3cccc(C(=O)c4cccnc4)n3)CC2)no1. The smallest absolute Gasteiger partial charge is 0.276 e. The number of anilines is 1. The van der Waals surface area contributed by atoms with Crippen molar-refractivity contribution in [3.8, 4) is 0 Å². The van der Waals surface area contributed by atoms with Crippen molar-refractivity contribution in [3.63, 3.8) is 0 Å². The average Bonchev–Trinajstić information content (AvgIpc) is 3.05. The molecule has 0 N–H and O–H groups in total. The minimum Gasteiger partial charge on any atom is -0.361 e. The molecule has 0 spiro atoms. The normalized spacial score (nSPS) is 14.5. The fourth-order valence-electron chi connectivity index (χ4n) is 3.35. The molecule has 1 fully saturated rings. The summed E-state index contributed by atoms with van der Waals surface area (Å²) in [5.74, 6) is 1.06. The molecule has 29 heavy (non-hydrogen) atoms. The van der Waals surface area contributed by atoms with E-state index in [9.17, 15) is 9.59 Å². The van der Waals surface area contributed by atoms with Crippen LogP contribution in [0, 0.1) is 6.92 Å². The van der Waals surface area contributed by atoms with Gasteiger partial charge in [0, 0.05) is 50.2 Å².